The minimum atomic E-state index is 0.520. The van der Waals surface area contributed by atoms with Crippen molar-refractivity contribution in [3.63, 3.8) is 0 Å². The summed E-state index contributed by atoms with van der Waals surface area (Å²) in [6.45, 7) is 2.15. The van der Waals surface area contributed by atoms with E-state index in [-0.39, 0.29) is 0 Å². The van der Waals surface area contributed by atoms with Crippen LogP contribution in [0.1, 0.15) is 22.8 Å². The number of benzene rings is 2. The lowest BCUT2D eigenvalue weighted by molar-refractivity contribution is 0.112. The standard InChI is InChI=1S/C22H17N5OS/c1-2-14-5-10-18-19(12-14)29-22(24-18)23-17-8-6-15(7-9-17)20-25-26-21-16(13-28)4-3-11-27(20)21/h3-13H,2H2,1H3,(H,23,24). The van der Waals surface area contributed by atoms with Crippen molar-refractivity contribution in [1.29, 1.82) is 0 Å². The number of fused-ring (bicyclic) bond motifs is 2. The monoisotopic (exact) mass is 399 g/mol. The summed E-state index contributed by atoms with van der Waals surface area (Å²) in [4.78, 5) is 15.9. The second-order valence-corrected chi connectivity index (χ2v) is 7.71. The Kier molecular flexibility index (Phi) is 4.29. The number of thiazole rings is 1. The molecule has 2 aromatic carbocycles. The minimum absolute atomic E-state index is 0.520. The van der Waals surface area contributed by atoms with Crippen LogP contribution in [0.4, 0.5) is 10.8 Å². The molecule has 0 aliphatic carbocycles. The molecule has 0 aliphatic rings. The Balaban J connectivity index is 1.43. The van der Waals surface area contributed by atoms with Crippen LogP contribution in [-0.2, 0) is 6.42 Å². The predicted octanol–water partition coefficient (Wildman–Crippen LogP) is 5.12. The van der Waals surface area contributed by atoms with Crippen molar-refractivity contribution < 1.29 is 4.79 Å². The van der Waals surface area contributed by atoms with Crippen LogP contribution in [0, 0.1) is 0 Å². The lowest BCUT2D eigenvalue weighted by Crippen LogP contribution is -1.93. The Labute approximate surface area is 170 Å². The number of carbonyl (C=O) groups is 1. The molecule has 0 amide bonds. The summed E-state index contributed by atoms with van der Waals surface area (Å²) in [5.41, 5.74) is 5.27. The van der Waals surface area contributed by atoms with E-state index < -0.39 is 0 Å². The van der Waals surface area contributed by atoms with Crippen molar-refractivity contribution in [3.8, 4) is 11.4 Å². The quantitative estimate of drug-likeness (QED) is 0.415. The van der Waals surface area contributed by atoms with E-state index in [1.165, 1.54) is 10.3 Å². The topological polar surface area (TPSA) is 72.2 Å². The van der Waals surface area contributed by atoms with Crippen molar-refractivity contribution in [2.24, 2.45) is 0 Å². The Morgan fingerprint density at radius 2 is 1.97 bits per heavy atom. The molecule has 0 bridgehead atoms. The SMILES string of the molecule is CCc1ccc2nc(Nc3ccc(-c4nnc5c(C=O)cccn45)cc3)sc2c1. The molecule has 142 valence electrons. The third-order valence-electron chi connectivity index (χ3n) is 4.85. The van der Waals surface area contributed by atoms with Gasteiger partial charge in [0.05, 0.1) is 15.8 Å². The van der Waals surface area contributed by atoms with Gasteiger partial charge in [0.1, 0.15) is 0 Å². The molecule has 1 N–H and O–H groups in total. The normalized spacial score (nSPS) is 11.2. The maximum atomic E-state index is 11.2. The second-order valence-electron chi connectivity index (χ2n) is 6.68. The molecule has 0 fully saturated rings. The highest BCUT2D eigenvalue weighted by Gasteiger charge is 2.11. The molecule has 0 aliphatic heterocycles. The van der Waals surface area contributed by atoms with Gasteiger partial charge in [0.2, 0.25) is 0 Å². The highest BCUT2D eigenvalue weighted by Crippen LogP contribution is 2.30. The van der Waals surface area contributed by atoms with Gasteiger partial charge in [-0.2, -0.15) is 0 Å². The summed E-state index contributed by atoms with van der Waals surface area (Å²) in [7, 11) is 0. The van der Waals surface area contributed by atoms with Gasteiger partial charge in [0.15, 0.2) is 22.9 Å². The molecule has 3 aromatic heterocycles. The zero-order chi connectivity index (χ0) is 19.8. The summed E-state index contributed by atoms with van der Waals surface area (Å²) >= 11 is 1.65. The number of aryl methyl sites for hydroxylation is 1. The van der Waals surface area contributed by atoms with Crippen LogP contribution in [-0.4, -0.2) is 25.9 Å². The number of anilines is 2. The van der Waals surface area contributed by atoms with Crippen LogP contribution in [0.25, 0.3) is 27.3 Å². The molecule has 7 heteroatoms. The lowest BCUT2D eigenvalue weighted by Gasteiger charge is -2.04. The third kappa shape index (κ3) is 3.15. The molecule has 5 aromatic rings. The average molecular weight is 399 g/mol. The van der Waals surface area contributed by atoms with Crippen LogP contribution >= 0.6 is 11.3 Å². The molecule has 0 unspecified atom stereocenters. The number of nitrogens with zero attached hydrogens (tertiary/aromatic N) is 4. The molecular weight excluding hydrogens is 382 g/mol. The van der Waals surface area contributed by atoms with E-state index in [1.807, 2.05) is 40.9 Å². The third-order valence-corrected chi connectivity index (χ3v) is 5.78. The number of rotatable bonds is 5. The molecule has 0 saturated heterocycles. The van der Waals surface area contributed by atoms with Crippen molar-refractivity contribution >= 4 is 44.3 Å². The molecule has 6 nitrogen and oxygen atoms in total. The zero-order valence-electron chi connectivity index (χ0n) is 15.7. The highest BCUT2D eigenvalue weighted by molar-refractivity contribution is 7.22. The van der Waals surface area contributed by atoms with Gasteiger partial charge in [-0.1, -0.05) is 24.3 Å². The first-order valence-corrected chi connectivity index (χ1v) is 10.1. The molecule has 5 rings (SSSR count). The first kappa shape index (κ1) is 17.5. The minimum Gasteiger partial charge on any atom is -0.332 e. The number of aldehydes is 1. The van der Waals surface area contributed by atoms with Crippen molar-refractivity contribution in [2.75, 3.05) is 5.32 Å². The molecule has 0 radical (unpaired) electrons. The summed E-state index contributed by atoms with van der Waals surface area (Å²) in [5, 5.41) is 12.7. The van der Waals surface area contributed by atoms with Crippen LogP contribution in [0.2, 0.25) is 0 Å². The molecule has 0 atom stereocenters. The molecule has 0 saturated carbocycles. The summed E-state index contributed by atoms with van der Waals surface area (Å²) < 4.78 is 3.01. The van der Waals surface area contributed by atoms with Crippen LogP contribution < -0.4 is 5.32 Å². The maximum Gasteiger partial charge on any atom is 0.188 e. The number of hydrogen-bond acceptors (Lipinski definition) is 6. The van der Waals surface area contributed by atoms with Gasteiger partial charge < -0.3 is 5.32 Å². The highest BCUT2D eigenvalue weighted by atomic mass is 32.1. The summed E-state index contributed by atoms with van der Waals surface area (Å²) in [6.07, 6.45) is 3.67. The maximum absolute atomic E-state index is 11.2. The molecule has 3 heterocycles. The van der Waals surface area contributed by atoms with Gasteiger partial charge in [-0.3, -0.25) is 9.20 Å². The summed E-state index contributed by atoms with van der Waals surface area (Å²) in [6, 6.07) is 17.9. The van der Waals surface area contributed by atoms with E-state index in [0.29, 0.717) is 17.0 Å². The number of aromatic nitrogens is 4. The Hall–Kier alpha value is -3.58. The number of hydrogen-bond donors (Lipinski definition) is 1. The van der Waals surface area contributed by atoms with E-state index in [4.69, 9.17) is 0 Å². The Bertz CT molecular complexity index is 1340. The fourth-order valence-electron chi connectivity index (χ4n) is 3.29. The van der Waals surface area contributed by atoms with Crippen molar-refractivity contribution in [2.45, 2.75) is 13.3 Å². The average Bonchev–Trinajstić information content (AvgIpc) is 3.37. The van der Waals surface area contributed by atoms with Gasteiger partial charge in [0.25, 0.3) is 0 Å². The number of nitrogens with one attached hydrogen (secondary N) is 1. The fourth-order valence-corrected chi connectivity index (χ4v) is 4.24. The van der Waals surface area contributed by atoms with Crippen LogP contribution in [0.5, 0.6) is 0 Å². The van der Waals surface area contributed by atoms with Gasteiger partial charge in [-0.05, 0) is 60.5 Å². The van der Waals surface area contributed by atoms with Crippen molar-refractivity contribution in [1.82, 2.24) is 19.6 Å². The van der Waals surface area contributed by atoms with Crippen LogP contribution in [0.15, 0.2) is 60.8 Å². The molecule has 0 spiro atoms. The van der Waals surface area contributed by atoms with E-state index in [2.05, 4.69) is 45.6 Å². The molecule has 29 heavy (non-hydrogen) atoms. The number of pyridine rings is 1. The van der Waals surface area contributed by atoms with E-state index in [1.54, 1.807) is 17.4 Å². The van der Waals surface area contributed by atoms with E-state index in [0.717, 1.165) is 34.6 Å². The van der Waals surface area contributed by atoms with E-state index >= 15 is 0 Å². The van der Waals surface area contributed by atoms with Gasteiger partial charge in [-0.15, -0.1) is 10.2 Å². The first-order chi connectivity index (χ1) is 14.2. The Morgan fingerprint density at radius 1 is 1.10 bits per heavy atom. The smallest absolute Gasteiger partial charge is 0.188 e. The number of carbonyl (C=O) groups excluding carboxylic acids is 1. The molecular formula is C22H17N5OS. The Morgan fingerprint density at radius 3 is 2.76 bits per heavy atom. The van der Waals surface area contributed by atoms with Crippen molar-refractivity contribution in [3.05, 3.63) is 71.9 Å². The van der Waals surface area contributed by atoms with E-state index in [9.17, 15) is 4.79 Å². The largest absolute Gasteiger partial charge is 0.332 e. The first-order valence-electron chi connectivity index (χ1n) is 9.31. The fraction of sp³-hybridized carbons (Fsp3) is 0.0909. The van der Waals surface area contributed by atoms with Crippen LogP contribution in [0.3, 0.4) is 0 Å². The lowest BCUT2D eigenvalue weighted by atomic mass is 10.2. The van der Waals surface area contributed by atoms with Gasteiger partial charge in [-0.25, -0.2) is 4.98 Å². The zero-order valence-corrected chi connectivity index (χ0v) is 16.5. The second kappa shape index (κ2) is 7.10. The predicted molar refractivity (Wildman–Crippen MR) is 116 cm³/mol. The van der Waals surface area contributed by atoms with Gasteiger partial charge >= 0.3 is 0 Å². The van der Waals surface area contributed by atoms with Gasteiger partial charge in [0, 0.05) is 17.4 Å². The summed E-state index contributed by atoms with van der Waals surface area (Å²) in [5.74, 6) is 0.697.